The van der Waals surface area contributed by atoms with Gasteiger partial charge in [0.1, 0.15) is 11.9 Å². The Morgan fingerprint density at radius 3 is 2.74 bits per heavy atom. The van der Waals surface area contributed by atoms with E-state index in [9.17, 15) is 17.6 Å². The molecule has 0 aromatic heterocycles. The van der Waals surface area contributed by atoms with Crippen LogP contribution in [0.3, 0.4) is 0 Å². The highest BCUT2D eigenvalue weighted by Gasteiger charge is 2.36. The first-order valence-electron chi connectivity index (χ1n) is 5.92. The molecule has 1 aromatic rings. The van der Waals surface area contributed by atoms with Crippen molar-refractivity contribution in [1.29, 1.82) is 0 Å². The molecule has 1 aromatic carbocycles. The zero-order chi connectivity index (χ0) is 14.0. The van der Waals surface area contributed by atoms with Crippen molar-refractivity contribution in [3.8, 4) is 0 Å². The third-order valence-corrected chi connectivity index (χ3v) is 4.35. The van der Waals surface area contributed by atoms with Gasteiger partial charge in [0.25, 0.3) is 0 Å². The summed E-state index contributed by atoms with van der Waals surface area (Å²) in [5, 5.41) is 2.43. The van der Waals surface area contributed by atoms with Gasteiger partial charge in [0.2, 0.25) is 15.9 Å². The number of carbonyl (C=O) groups is 1. The summed E-state index contributed by atoms with van der Waals surface area (Å²) in [6.07, 6.45) is 2.15. The van der Waals surface area contributed by atoms with Gasteiger partial charge in [-0.2, -0.15) is 4.31 Å². The Morgan fingerprint density at radius 2 is 2.11 bits per heavy atom. The second-order valence-electron chi connectivity index (χ2n) is 4.50. The van der Waals surface area contributed by atoms with E-state index in [1.165, 1.54) is 18.2 Å². The molecular weight excluding hydrogens is 271 g/mol. The van der Waals surface area contributed by atoms with Crippen LogP contribution in [-0.4, -0.2) is 37.5 Å². The minimum atomic E-state index is -3.42. The van der Waals surface area contributed by atoms with E-state index in [0.717, 1.165) is 10.6 Å². The number of benzene rings is 1. The van der Waals surface area contributed by atoms with Crippen molar-refractivity contribution in [3.63, 3.8) is 0 Å². The summed E-state index contributed by atoms with van der Waals surface area (Å²) in [6.45, 7) is 0.328. The molecule has 1 saturated heterocycles. The predicted molar refractivity (Wildman–Crippen MR) is 69.6 cm³/mol. The van der Waals surface area contributed by atoms with Gasteiger partial charge in [-0.1, -0.05) is 12.1 Å². The molecule has 1 aliphatic heterocycles. The molecule has 5 nitrogen and oxygen atoms in total. The number of halogens is 1. The van der Waals surface area contributed by atoms with Crippen LogP contribution in [0.4, 0.5) is 10.1 Å². The standard InChI is InChI=1S/C12H15FN2O3S/c1-19(17,18)15-8-4-7-11(15)12(16)14-10-6-3-2-5-9(10)13/h2-3,5-6,11H,4,7-8H2,1H3,(H,14,16)/t11-/m0/s1. The summed E-state index contributed by atoms with van der Waals surface area (Å²) in [6, 6.07) is 5.03. The van der Waals surface area contributed by atoms with Crippen LogP contribution in [0.5, 0.6) is 0 Å². The van der Waals surface area contributed by atoms with Gasteiger partial charge in [0, 0.05) is 6.54 Å². The lowest BCUT2D eigenvalue weighted by molar-refractivity contribution is -0.119. The second kappa shape index (κ2) is 5.26. The van der Waals surface area contributed by atoms with Gasteiger partial charge in [-0.15, -0.1) is 0 Å². The van der Waals surface area contributed by atoms with Gasteiger partial charge >= 0.3 is 0 Å². The summed E-state index contributed by atoms with van der Waals surface area (Å²) < 4.78 is 37.7. The maximum Gasteiger partial charge on any atom is 0.242 e. The molecule has 1 heterocycles. The van der Waals surface area contributed by atoms with Crippen LogP contribution >= 0.6 is 0 Å². The van der Waals surface area contributed by atoms with Crippen LogP contribution in [0.25, 0.3) is 0 Å². The number of sulfonamides is 1. The average Bonchev–Trinajstić information content (AvgIpc) is 2.81. The Bertz CT molecular complexity index is 588. The van der Waals surface area contributed by atoms with Crippen molar-refractivity contribution in [2.75, 3.05) is 18.1 Å². The third kappa shape index (κ3) is 3.10. The minimum absolute atomic E-state index is 0.0628. The molecule has 1 fully saturated rings. The van der Waals surface area contributed by atoms with Crippen LogP contribution in [0.1, 0.15) is 12.8 Å². The van der Waals surface area contributed by atoms with E-state index in [1.54, 1.807) is 6.07 Å². The Kier molecular flexibility index (Phi) is 3.86. The van der Waals surface area contributed by atoms with E-state index in [-0.39, 0.29) is 5.69 Å². The molecule has 19 heavy (non-hydrogen) atoms. The molecule has 104 valence electrons. The van der Waals surface area contributed by atoms with Gasteiger partial charge in [0.05, 0.1) is 11.9 Å². The number of carbonyl (C=O) groups excluding carboxylic acids is 1. The van der Waals surface area contributed by atoms with E-state index in [0.29, 0.717) is 19.4 Å². The van der Waals surface area contributed by atoms with E-state index in [1.807, 2.05) is 0 Å². The van der Waals surface area contributed by atoms with Gasteiger partial charge in [-0.05, 0) is 25.0 Å². The number of hydrogen-bond acceptors (Lipinski definition) is 3. The lowest BCUT2D eigenvalue weighted by Crippen LogP contribution is -2.42. The Hall–Kier alpha value is -1.47. The Morgan fingerprint density at radius 1 is 1.42 bits per heavy atom. The fraction of sp³-hybridized carbons (Fsp3) is 0.417. The molecule has 7 heteroatoms. The molecular formula is C12H15FN2O3S. The van der Waals surface area contributed by atoms with Gasteiger partial charge in [0.15, 0.2) is 0 Å². The summed E-state index contributed by atoms with van der Waals surface area (Å²) in [5.74, 6) is -1.03. The monoisotopic (exact) mass is 286 g/mol. The number of amides is 1. The van der Waals surface area contributed by atoms with E-state index in [4.69, 9.17) is 0 Å². The first-order valence-corrected chi connectivity index (χ1v) is 7.76. The predicted octanol–water partition coefficient (Wildman–Crippen LogP) is 1.19. The summed E-state index contributed by atoms with van der Waals surface area (Å²) in [4.78, 5) is 12.0. The average molecular weight is 286 g/mol. The fourth-order valence-corrected chi connectivity index (χ4v) is 3.30. The number of rotatable bonds is 3. The maximum absolute atomic E-state index is 13.4. The molecule has 2 rings (SSSR count). The Labute approximate surface area is 111 Å². The fourth-order valence-electron chi connectivity index (χ4n) is 2.18. The normalized spacial score (nSPS) is 20.4. The molecule has 1 amide bonds. The summed E-state index contributed by atoms with van der Waals surface area (Å²) in [7, 11) is -3.42. The maximum atomic E-state index is 13.4. The number of para-hydroxylation sites is 1. The quantitative estimate of drug-likeness (QED) is 0.907. The second-order valence-corrected chi connectivity index (χ2v) is 6.44. The summed E-state index contributed by atoms with van der Waals surface area (Å²) in [5.41, 5.74) is 0.0628. The van der Waals surface area contributed by atoms with Crippen molar-refractivity contribution < 1.29 is 17.6 Å². The molecule has 1 atom stereocenters. The van der Waals surface area contributed by atoms with Gasteiger partial charge < -0.3 is 5.32 Å². The molecule has 1 N–H and O–H groups in total. The number of hydrogen-bond donors (Lipinski definition) is 1. The molecule has 1 aliphatic rings. The third-order valence-electron chi connectivity index (χ3n) is 3.06. The lowest BCUT2D eigenvalue weighted by atomic mass is 10.2. The highest BCUT2D eigenvalue weighted by molar-refractivity contribution is 7.88. The van der Waals surface area contributed by atoms with E-state index in [2.05, 4.69) is 5.32 Å². The first kappa shape index (κ1) is 14.0. The Balaban J connectivity index is 2.14. The summed E-state index contributed by atoms with van der Waals surface area (Å²) >= 11 is 0. The van der Waals surface area contributed by atoms with Gasteiger partial charge in [-0.3, -0.25) is 4.79 Å². The molecule has 0 bridgehead atoms. The topological polar surface area (TPSA) is 66.5 Å². The van der Waals surface area contributed by atoms with Crippen LogP contribution < -0.4 is 5.32 Å². The van der Waals surface area contributed by atoms with Crippen molar-refractivity contribution in [2.24, 2.45) is 0 Å². The zero-order valence-electron chi connectivity index (χ0n) is 10.5. The highest BCUT2D eigenvalue weighted by atomic mass is 32.2. The van der Waals surface area contributed by atoms with Crippen LogP contribution in [-0.2, 0) is 14.8 Å². The molecule has 0 radical (unpaired) electrons. The zero-order valence-corrected chi connectivity index (χ0v) is 11.3. The van der Waals surface area contributed by atoms with Crippen LogP contribution in [0, 0.1) is 5.82 Å². The van der Waals surface area contributed by atoms with Crippen LogP contribution in [0.15, 0.2) is 24.3 Å². The molecule has 0 unspecified atom stereocenters. The van der Waals surface area contributed by atoms with Crippen molar-refractivity contribution in [1.82, 2.24) is 4.31 Å². The molecule has 0 aliphatic carbocycles. The van der Waals surface area contributed by atoms with Crippen molar-refractivity contribution in [2.45, 2.75) is 18.9 Å². The molecule has 0 spiro atoms. The van der Waals surface area contributed by atoms with Crippen molar-refractivity contribution in [3.05, 3.63) is 30.1 Å². The van der Waals surface area contributed by atoms with E-state index < -0.39 is 27.8 Å². The largest absolute Gasteiger partial charge is 0.322 e. The lowest BCUT2D eigenvalue weighted by Gasteiger charge is -2.21. The smallest absolute Gasteiger partial charge is 0.242 e. The first-order chi connectivity index (χ1) is 8.89. The highest BCUT2D eigenvalue weighted by Crippen LogP contribution is 2.22. The number of nitrogens with zero attached hydrogens (tertiary/aromatic N) is 1. The van der Waals surface area contributed by atoms with Crippen molar-refractivity contribution >= 4 is 21.6 Å². The van der Waals surface area contributed by atoms with Gasteiger partial charge in [-0.25, -0.2) is 12.8 Å². The molecule has 0 saturated carbocycles. The van der Waals surface area contributed by atoms with E-state index >= 15 is 0 Å². The van der Waals surface area contributed by atoms with Crippen LogP contribution in [0.2, 0.25) is 0 Å². The SMILES string of the molecule is CS(=O)(=O)N1CCC[C@H]1C(=O)Nc1ccccc1F. The number of anilines is 1. The minimum Gasteiger partial charge on any atom is -0.322 e. The number of nitrogens with one attached hydrogen (secondary N) is 1.